The monoisotopic (exact) mass is 335 g/mol. The maximum absolute atomic E-state index is 11.7. The molecule has 0 radical (unpaired) electrons. The summed E-state index contributed by atoms with van der Waals surface area (Å²) < 4.78 is 44.4. The fourth-order valence-corrected chi connectivity index (χ4v) is 1.59. The number of halogens is 4. The second kappa shape index (κ2) is 9.57. The minimum atomic E-state index is -4.35. The lowest BCUT2D eigenvalue weighted by molar-refractivity contribution is -0.174. The number of methoxy groups -OCH3 is 1. The van der Waals surface area contributed by atoms with E-state index in [4.69, 9.17) is 4.74 Å². The van der Waals surface area contributed by atoms with E-state index < -0.39 is 12.8 Å². The van der Waals surface area contributed by atoms with Crippen LogP contribution in [0.3, 0.4) is 0 Å². The molecule has 0 heterocycles. The van der Waals surface area contributed by atoms with Crippen molar-refractivity contribution in [3.8, 4) is 0 Å². The Bertz CT molecular complexity index is 239. The largest absolute Gasteiger partial charge is 0.411 e. The van der Waals surface area contributed by atoms with Crippen LogP contribution in [-0.4, -0.2) is 50.4 Å². The highest BCUT2D eigenvalue weighted by Gasteiger charge is 2.27. The van der Waals surface area contributed by atoms with E-state index in [0.717, 1.165) is 0 Å². The number of hydrogen-bond donors (Lipinski definition) is 1. The first kappa shape index (κ1) is 17.7. The Morgan fingerprint density at radius 3 is 2.56 bits per heavy atom. The maximum Gasteiger partial charge on any atom is 0.411 e. The van der Waals surface area contributed by atoms with E-state index in [2.05, 4.69) is 26.0 Å². The summed E-state index contributed by atoms with van der Waals surface area (Å²) >= 11 is 3.23. The minimum absolute atomic E-state index is 0.0907. The van der Waals surface area contributed by atoms with Gasteiger partial charge in [0.1, 0.15) is 6.61 Å². The zero-order valence-corrected chi connectivity index (χ0v) is 11.6. The van der Waals surface area contributed by atoms with Crippen molar-refractivity contribution in [1.29, 1.82) is 0 Å². The third kappa shape index (κ3) is 10.8. The van der Waals surface area contributed by atoms with E-state index in [1.807, 2.05) is 0 Å². The molecule has 0 aromatic rings. The van der Waals surface area contributed by atoms with Gasteiger partial charge in [-0.05, 0) is 6.42 Å². The van der Waals surface area contributed by atoms with E-state index in [9.17, 15) is 18.0 Å². The van der Waals surface area contributed by atoms with Crippen LogP contribution in [0.15, 0.2) is 0 Å². The fraction of sp³-hybridized carbons (Fsp3) is 0.900. The van der Waals surface area contributed by atoms with E-state index in [-0.39, 0.29) is 25.0 Å². The molecule has 0 saturated carbocycles. The Morgan fingerprint density at radius 2 is 2.06 bits per heavy atom. The smallest absolute Gasteiger partial charge is 0.385 e. The second-order valence-electron chi connectivity index (χ2n) is 3.62. The molecule has 18 heavy (non-hydrogen) atoms. The van der Waals surface area contributed by atoms with Crippen LogP contribution < -0.4 is 5.32 Å². The molecule has 1 N–H and O–H groups in total. The molecule has 0 bridgehead atoms. The Morgan fingerprint density at radius 1 is 1.39 bits per heavy atom. The molecule has 0 aliphatic rings. The topological polar surface area (TPSA) is 47.6 Å². The zero-order chi connectivity index (χ0) is 14.0. The first-order chi connectivity index (χ1) is 8.39. The van der Waals surface area contributed by atoms with Crippen molar-refractivity contribution in [3.63, 3.8) is 0 Å². The summed E-state index contributed by atoms with van der Waals surface area (Å²) in [6.45, 7) is -1.07. The van der Waals surface area contributed by atoms with Crippen LogP contribution >= 0.6 is 15.9 Å². The molecule has 0 aliphatic heterocycles. The Kier molecular flexibility index (Phi) is 9.39. The molecular weight excluding hydrogens is 319 g/mol. The maximum atomic E-state index is 11.7. The van der Waals surface area contributed by atoms with Crippen molar-refractivity contribution >= 4 is 21.8 Å². The van der Waals surface area contributed by atoms with Gasteiger partial charge in [-0.15, -0.1) is 0 Å². The van der Waals surface area contributed by atoms with E-state index in [1.54, 1.807) is 7.11 Å². The van der Waals surface area contributed by atoms with Gasteiger partial charge in [0.05, 0.1) is 6.61 Å². The summed E-state index contributed by atoms with van der Waals surface area (Å²) in [5.74, 6) is -0.335. The molecule has 0 saturated heterocycles. The van der Waals surface area contributed by atoms with Crippen molar-refractivity contribution < 1.29 is 27.4 Å². The van der Waals surface area contributed by atoms with Gasteiger partial charge in [0, 0.05) is 31.5 Å². The predicted octanol–water partition coefficient (Wildman–Crippen LogP) is 1.87. The van der Waals surface area contributed by atoms with Crippen LogP contribution in [0, 0.1) is 0 Å². The van der Waals surface area contributed by atoms with Crippen molar-refractivity contribution in [2.45, 2.75) is 25.1 Å². The van der Waals surface area contributed by atoms with Crippen LogP contribution in [-0.2, 0) is 14.3 Å². The number of ether oxygens (including phenoxy) is 2. The summed E-state index contributed by atoms with van der Waals surface area (Å²) in [4.78, 5) is 11.4. The van der Waals surface area contributed by atoms with Crippen LogP contribution in [0.25, 0.3) is 0 Å². The lowest BCUT2D eigenvalue weighted by Gasteiger charge is -2.15. The molecule has 108 valence electrons. The molecule has 0 aromatic carbocycles. The van der Waals surface area contributed by atoms with Gasteiger partial charge in [-0.25, -0.2) is 0 Å². The highest BCUT2D eigenvalue weighted by atomic mass is 79.9. The highest BCUT2D eigenvalue weighted by Crippen LogP contribution is 2.14. The summed E-state index contributed by atoms with van der Waals surface area (Å²) in [6, 6.07) is -0.0972. The first-order valence-electron chi connectivity index (χ1n) is 5.37. The van der Waals surface area contributed by atoms with E-state index >= 15 is 0 Å². The number of amides is 1. The number of alkyl halides is 4. The van der Waals surface area contributed by atoms with Crippen molar-refractivity contribution in [2.24, 2.45) is 0 Å². The summed E-state index contributed by atoms with van der Waals surface area (Å²) in [7, 11) is 1.55. The molecule has 1 amide bonds. The molecule has 0 fully saturated rings. The number of carbonyl (C=O) groups is 1. The predicted molar refractivity (Wildman–Crippen MR) is 63.7 cm³/mol. The average Bonchev–Trinajstić information content (AvgIpc) is 2.29. The molecule has 1 atom stereocenters. The molecule has 8 heteroatoms. The summed E-state index contributed by atoms with van der Waals surface area (Å²) in [5, 5.41) is 3.23. The SMILES string of the molecule is COCCC(CBr)NC(=O)CCOCC(F)(F)F. The van der Waals surface area contributed by atoms with Crippen molar-refractivity contribution in [3.05, 3.63) is 0 Å². The fourth-order valence-electron chi connectivity index (χ4n) is 1.10. The number of nitrogens with one attached hydrogen (secondary N) is 1. The third-order valence-corrected chi connectivity index (χ3v) is 2.74. The molecule has 0 aliphatic carbocycles. The van der Waals surface area contributed by atoms with Crippen LogP contribution in [0.1, 0.15) is 12.8 Å². The highest BCUT2D eigenvalue weighted by molar-refractivity contribution is 9.09. The molecule has 0 aromatic heterocycles. The van der Waals surface area contributed by atoms with Crippen LogP contribution in [0.5, 0.6) is 0 Å². The number of rotatable bonds is 9. The molecule has 1 unspecified atom stereocenters. The van der Waals surface area contributed by atoms with E-state index in [1.165, 1.54) is 0 Å². The lowest BCUT2D eigenvalue weighted by Crippen LogP contribution is -2.37. The summed E-state index contributed by atoms with van der Waals surface area (Å²) in [6.07, 6.45) is -3.81. The quantitative estimate of drug-likeness (QED) is 0.517. The Hall–Kier alpha value is -0.340. The molecule has 0 rings (SSSR count). The lowest BCUT2D eigenvalue weighted by atomic mass is 10.2. The summed E-state index contributed by atoms with van der Waals surface area (Å²) in [5.41, 5.74) is 0. The molecule has 4 nitrogen and oxygen atoms in total. The van der Waals surface area contributed by atoms with Crippen LogP contribution in [0.2, 0.25) is 0 Å². The third-order valence-electron chi connectivity index (χ3n) is 1.96. The van der Waals surface area contributed by atoms with Gasteiger partial charge in [-0.1, -0.05) is 15.9 Å². The second-order valence-corrected chi connectivity index (χ2v) is 4.27. The van der Waals surface area contributed by atoms with Crippen LogP contribution in [0.4, 0.5) is 13.2 Å². The van der Waals surface area contributed by atoms with Gasteiger partial charge in [0.15, 0.2) is 0 Å². The van der Waals surface area contributed by atoms with Gasteiger partial charge < -0.3 is 14.8 Å². The minimum Gasteiger partial charge on any atom is -0.385 e. The Balaban J connectivity index is 3.68. The molecular formula is C10H17BrF3NO3. The van der Waals surface area contributed by atoms with Gasteiger partial charge in [0.25, 0.3) is 0 Å². The van der Waals surface area contributed by atoms with Gasteiger partial charge in [-0.2, -0.15) is 13.2 Å². The number of hydrogen-bond acceptors (Lipinski definition) is 3. The van der Waals surface area contributed by atoms with Crippen molar-refractivity contribution in [2.75, 3.05) is 32.3 Å². The van der Waals surface area contributed by atoms with Crippen molar-refractivity contribution in [1.82, 2.24) is 5.32 Å². The average molecular weight is 336 g/mol. The van der Waals surface area contributed by atoms with Gasteiger partial charge >= 0.3 is 6.18 Å². The Labute approximate surface area is 112 Å². The van der Waals surface area contributed by atoms with E-state index in [0.29, 0.717) is 18.4 Å². The standard InChI is InChI=1S/C10H17BrF3NO3/c1-17-4-2-8(6-11)15-9(16)3-5-18-7-10(12,13)14/h8H,2-7H2,1H3,(H,15,16). The number of carbonyl (C=O) groups excluding carboxylic acids is 1. The normalized spacial score (nSPS) is 13.4. The zero-order valence-electron chi connectivity index (χ0n) is 10.1. The van der Waals surface area contributed by atoms with Gasteiger partial charge in [-0.3, -0.25) is 4.79 Å². The van der Waals surface area contributed by atoms with Gasteiger partial charge in [0.2, 0.25) is 5.91 Å². The molecule has 0 spiro atoms. The first-order valence-corrected chi connectivity index (χ1v) is 6.50.